The summed E-state index contributed by atoms with van der Waals surface area (Å²) in [7, 11) is 1.81. The molecule has 1 heterocycles. The van der Waals surface area contributed by atoms with Gasteiger partial charge in [0, 0.05) is 25.1 Å². The van der Waals surface area contributed by atoms with Crippen molar-refractivity contribution in [1.82, 2.24) is 0 Å². The second-order valence-corrected chi connectivity index (χ2v) is 3.65. The molecule has 0 bridgehead atoms. The third-order valence-electron chi connectivity index (χ3n) is 2.82. The zero-order valence-electron chi connectivity index (χ0n) is 8.23. The molecule has 0 fully saturated rings. The summed E-state index contributed by atoms with van der Waals surface area (Å²) in [6.45, 7) is 0.538. The minimum atomic E-state index is 0.152. The Kier molecular flexibility index (Phi) is 2.25. The van der Waals surface area contributed by atoms with Gasteiger partial charge in [0.05, 0.1) is 0 Å². The fourth-order valence-corrected chi connectivity index (χ4v) is 1.94. The average Bonchev–Trinajstić information content (AvgIpc) is 2.23. The van der Waals surface area contributed by atoms with Gasteiger partial charge in [-0.25, -0.2) is 0 Å². The molecule has 2 rings (SSSR count). The second-order valence-electron chi connectivity index (χ2n) is 3.65. The van der Waals surface area contributed by atoms with Crippen LogP contribution in [0.4, 0.5) is 5.69 Å². The van der Waals surface area contributed by atoms with E-state index >= 15 is 0 Å². The minimum Gasteiger partial charge on any atom is -0.330 e. The number of benzene rings is 1. The molecule has 3 nitrogen and oxygen atoms in total. The zero-order valence-corrected chi connectivity index (χ0v) is 8.23. The first-order valence-electron chi connectivity index (χ1n) is 4.79. The summed E-state index contributed by atoms with van der Waals surface area (Å²) in [6, 6.07) is 7.96. The highest BCUT2D eigenvalue weighted by Gasteiger charge is 2.27. The lowest BCUT2D eigenvalue weighted by Crippen LogP contribution is -2.35. The highest BCUT2D eigenvalue weighted by Crippen LogP contribution is 2.33. The van der Waals surface area contributed by atoms with Crippen molar-refractivity contribution >= 4 is 11.6 Å². The molecule has 1 amide bonds. The van der Waals surface area contributed by atoms with Crippen LogP contribution < -0.4 is 10.6 Å². The van der Waals surface area contributed by atoms with Gasteiger partial charge in [-0.05, 0) is 18.2 Å². The molecule has 14 heavy (non-hydrogen) atoms. The van der Waals surface area contributed by atoms with Crippen molar-refractivity contribution < 1.29 is 4.79 Å². The summed E-state index contributed by atoms with van der Waals surface area (Å²) in [5, 5.41) is 0. The first-order chi connectivity index (χ1) is 6.74. The van der Waals surface area contributed by atoms with Crippen LogP contribution >= 0.6 is 0 Å². The van der Waals surface area contributed by atoms with Crippen LogP contribution in [-0.2, 0) is 4.79 Å². The topological polar surface area (TPSA) is 46.3 Å². The molecule has 3 heteroatoms. The molecule has 0 aliphatic carbocycles. The van der Waals surface area contributed by atoms with Gasteiger partial charge in [-0.3, -0.25) is 4.79 Å². The molecule has 74 valence electrons. The van der Waals surface area contributed by atoms with Gasteiger partial charge in [0.15, 0.2) is 0 Å². The summed E-state index contributed by atoms with van der Waals surface area (Å²) in [5.74, 6) is 0.342. The van der Waals surface area contributed by atoms with Crippen LogP contribution in [0.15, 0.2) is 24.3 Å². The number of hydrogen-bond acceptors (Lipinski definition) is 2. The van der Waals surface area contributed by atoms with Gasteiger partial charge in [0.25, 0.3) is 0 Å². The van der Waals surface area contributed by atoms with Crippen LogP contribution in [0.5, 0.6) is 0 Å². The fraction of sp³-hybridized carbons (Fsp3) is 0.364. The summed E-state index contributed by atoms with van der Waals surface area (Å²) < 4.78 is 0. The van der Waals surface area contributed by atoms with Crippen molar-refractivity contribution in [1.29, 1.82) is 0 Å². The minimum absolute atomic E-state index is 0.152. The van der Waals surface area contributed by atoms with E-state index in [-0.39, 0.29) is 11.8 Å². The molecule has 2 N–H and O–H groups in total. The second kappa shape index (κ2) is 3.42. The molecule has 1 aromatic carbocycles. The van der Waals surface area contributed by atoms with E-state index in [1.165, 1.54) is 5.56 Å². The van der Waals surface area contributed by atoms with E-state index in [0.717, 1.165) is 5.69 Å². The van der Waals surface area contributed by atoms with Gasteiger partial charge in [-0.15, -0.1) is 0 Å². The van der Waals surface area contributed by atoms with Gasteiger partial charge < -0.3 is 10.6 Å². The molecule has 1 atom stereocenters. The summed E-state index contributed by atoms with van der Waals surface area (Å²) in [4.78, 5) is 13.3. The molecule has 0 saturated carbocycles. The molecule has 0 radical (unpaired) electrons. The Morgan fingerprint density at radius 3 is 2.93 bits per heavy atom. The van der Waals surface area contributed by atoms with Gasteiger partial charge in [0.2, 0.25) is 5.91 Å². The van der Waals surface area contributed by atoms with Crippen LogP contribution in [0.1, 0.15) is 17.9 Å². The van der Waals surface area contributed by atoms with Crippen molar-refractivity contribution in [3.8, 4) is 0 Å². The summed E-state index contributed by atoms with van der Waals surface area (Å²) in [5.41, 5.74) is 7.85. The Hall–Kier alpha value is -1.35. The number of amides is 1. The molecule has 0 saturated heterocycles. The lowest BCUT2D eigenvalue weighted by Gasteiger charge is -2.30. The van der Waals surface area contributed by atoms with Gasteiger partial charge in [-0.2, -0.15) is 0 Å². The maximum Gasteiger partial charge on any atom is 0.227 e. The number of nitrogens with zero attached hydrogens (tertiary/aromatic N) is 1. The summed E-state index contributed by atoms with van der Waals surface area (Å²) >= 11 is 0. The van der Waals surface area contributed by atoms with Crippen LogP contribution in [0.3, 0.4) is 0 Å². The van der Waals surface area contributed by atoms with Crippen LogP contribution in [0.2, 0.25) is 0 Å². The van der Waals surface area contributed by atoms with Crippen LogP contribution in [0, 0.1) is 0 Å². The van der Waals surface area contributed by atoms with E-state index in [9.17, 15) is 4.79 Å². The van der Waals surface area contributed by atoms with E-state index < -0.39 is 0 Å². The Labute approximate surface area is 83.5 Å². The third-order valence-corrected chi connectivity index (χ3v) is 2.82. The third kappa shape index (κ3) is 1.30. The standard InChI is InChI=1S/C11H14N2O/c1-13-10-5-3-2-4-9(10)8(7-12)6-11(13)14/h2-5,8H,6-7,12H2,1H3/t8-/m1/s1. The Morgan fingerprint density at radius 2 is 2.21 bits per heavy atom. The predicted octanol–water partition coefficient (Wildman–Crippen LogP) is 1.10. The molecule has 0 unspecified atom stereocenters. The molecule has 1 aliphatic heterocycles. The monoisotopic (exact) mass is 190 g/mol. The Morgan fingerprint density at radius 1 is 1.50 bits per heavy atom. The number of fused-ring (bicyclic) bond motifs is 1. The lowest BCUT2D eigenvalue weighted by molar-refractivity contribution is -0.119. The van der Waals surface area contributed by atoms with Gasteiger partial charge >= 0.3 is 0 Å². The van der Waals surface area contributed by atoms with Crippen molar-refractivity contribution in [2.45, 2.75) is 12.3 Å². The van der Waals surface area contributed by atoms with Crippen LogP contribution in [-0.4, -0.2) is 19.5 Å². The highest BCUT2D eigenvalue weighted by molar-refractivity contribution is 5.96. The normalized spacial score (nSPS) is 20.9. The van der Waals surface area contributed by atoms with Crippen LogP contribution in [0.25, 0.3) is 0 Å². The Balaban J connectivity index is 2.49. The van der Waals surface area contributed by atoms with E-state index in [4.69, 9.17) is 5.73 Å². The quantitative estimate of drug-likeness (QED) is 0.720. The van der Waals surface area contributed by atoms with Crippen molar-refractivity contribution in [3.05, 3.63) is 29.8 Å². The molecule has 0 aromatic heterocycles. The van der Waals surface area contributed by atoms with E-state index in [0.29, 0.717) is 13.0 Å². The SMILES string of the molecule is CN1C(=O)C[C@H](CN)c2ccccc21. The molecule has 1 aliphatic rings. The molecular weight excluding hydrogens is 176 g/mol. The Bertz CT molecular complexity index is 362. The highest BCUT2D eigenvalue weighted by atomic mass is 16.2. The number of carbonyl (C=O) groups excluding carboxylic acids is 1. The number of rotatable bonds is 1. The molecule has 1 aromatic rings. The van der Waals surface area contributed by atoms with E-state index in [1.807, 2.05) is 25.2 Å². The van der Waals surface area contributed by atoms with Crippen molar-refractivity contribution in [2.75, 3.05) is 18.5 Å². The predicted molar refractivity (Wildman–Crippen MR) is 56.3 cm³/mol. The maximum absolute atomic E-state index is 11.6. The lowest BCUT2D eigenvalue weighted by atomic mass is 9.90. The van der Waals surface area contributed by atoms with Crippen molar-refractivity contribution in [3.63, 3.8) is 0 Å². The fourth-order valence-electron chi connectivity index (χ4n) is 1.94. The van der Waals surface area contributed by atoms with E-state index in [2.05, 4.69) is 6.07 Å². The number of hydrogen-bond donors (Lipinski definition) is 1. The summed E-state index contributed by atoms with van der Waals surface area (Å²) in [6.07, 6.45) is 0.532. The van der Waals surface area contributed by atoms with Gasteiger partial charge in [-0.1, -0.05) is 18.2 Å². The first-order valence-corrected chi connectivity index (χ1v) is 4.79. The number of nitrogens with two attached hydrogens (primary N) is 1. The number of carbonyl (C=O) groups is 1. The molecule has 0 spiro atoms. The molecular formula is C11H14N2O. The smallest absolute Gasteiger partial charge is 0.227 e. The maximum atomic E-state index is 11.6. The number of para-hydroxylation sites is 1. The average molecular weight is 190 g/mol. The van der Waals surface area contributed by atoms with Crippen molar-refractivity contribution in [2.24, 2.45) is 5.73 Å². The number of anilines is 1. The zero-order chi connectivity index (χ0) is 10.1. The largest absolute Gasteiger partial charge is 0.330 e. The first kappa shape index (κ1) is 9.21. The van der Waals surface area contributed by atoms with E-state index in [1.54, 1.807) is 4.90 Å². The van der Waals surface area contributed by atoms with Gasteiger partial charge in [0.1, 0.15) is 0 Å².